The summed E-state index contributed by atoms with van der Waals surface area (Å²) in [5.41, 5.74) is 0.962. The van der Waals surface area contributed by atoms with Crippen LogP contribution in [0.3, 0.4) is 0 Å². The van der Waals surface area contributed by atoms with Crippen LogP contribution >= 0.6 is 0 Å². The molecule has 1 amide bonds. The van der Waals surface area contributed by atoms with Crippen LogP contribution in [0.4, 0.5) is 4.39 Å². The van der Waals surface area contributed by atoms with E-state index in [1.54, 1.807) is 13.0 Å². The monoisotopic (exact) mass is 221 g/mol. The summed E-state index contributed by atoms with van der Waals surface area (Å²) in [4.78, 5) is 11.7. The Bertz CT molecular complexity index is 416. The maximum Gasteiger partial charge on any atom is 0.254 e. The number of amides is 1. The van der Waals surface area contributed by atoms with Gasteiger partial charge in [0.2, 0.25) is 0 Å². The van der Waals surface area contributed by atoms with Crippen molar-refractivity contribution >= 4 is 5.91 Å². The lowest BCUT2D eigenvalue weighted by molar-refractivity contribution is 0.0947. The summed E-state index contributed by atoms with van der Waals surface area (Å²) in [7, 11) is 0. The fraction of sp³-hybridized carbons (Fsp3) is 0.462. The number of nitrogens with one attached hydrogen (secondary N) is 1. The Morgan fingerprint density at radius 2 is 2.25 bits per heavy atom. The van der Waals surface area contributed by atoms with Gasteiger partial charge in [0.1, 0.15) is 5.82 Å². The van der Waals surface area contributed by atoms with E-state index < -0.39 is 5.82 Å². The van der Waals surface area contributed by atoms with Crippen molar-refractivity contribution in [2.75, 3.05) is 6.54 Å². The molecule has 0 aliphatic heterocycles. The summed E-state index contributed by atoms with van der Waals surface area (Å²) in [5, 5.41) is 2.77. The standard InChI is InChI=1S/C13H16FNO/c1-8-3-4-11(12(14)5-8)13(16)15-7-10-6-9(10)2/h3-5,9-10H,6-7H2,1-2H3,(H,15,16). The minimum absolute atomic E-state index is 0.138. The Labute approximate surface area is 94.9 Å². The quantitative estimate of drug-likeness (QED) is 0.834. The summed E-state index contributed by atoms with van der Waals surface area (Å²) >= 11 is 0. The maximum absolute atomic E-state index is 13.5. The minimum atomic E-state index is -0.443. The third-order valence-electron chi connectivity index (χ3n) is 3.17. The van der Waals surface area contributed by atoms with Crippen molar-refractivity contribution in [2.24, 2.45) is 11.8 Å². The first-order chi connectivity index (χ1) is 7.58. The van der Waals surface area contributed by atoms with E-state index in [9.17, 15) is 9.18 Å². The van der Waals surface area contributed by atoms with Crippen molar-refractivity contribution in [2.45, 2.75) is 20.3 Å². The van der Waals surface area contributed by atoms with Gasteiger partial charge in [0.15, 0.2) is 0 Å². The number of halogens is 1. The highest BCUT2D eigenvalue weighted by molar-refractivity contribution is 5.94. The van der Waals surface area contributed by atoms with Crippen LogP contribution in [0.2, 0.25) is 0 Å². The lowest BCUT2D eigenvalue weighted by Gasteiger charge is -2.05. The molecule has 1 aliphatic rings. The Morgan fingerprint density at radius 3 is 2.81 bits per heavy atom. The largest absolute Gasteiger partial charge is 0.352 e. The van der Waals surface area contributed by atoms with Crippen LogP contribution in [0.15, 0.2) is 18.2 Å². The number of carbonyl (C=O) groups excluding carboxylic acids is 1. The third kappa shape index (κ3) is 2.40. The molecule has 1 fully saturated rings. The van der Waals surface area contributed by atoms with Gasteiger partial charge in [0.05, 0.1) is 5.56 Å². The van der Waals surface area contributed by atoms with E-state index in [-0.39, 0.29) is 11.5 Å². The van der Waals surface area contributed by atoms with Gasteiger partial charge in [-0.25, -0.2) is 4.39 Å². The average molecular weight is 221 g/mol. The lowest BCUT2D eigenvalue weighted by atomic mass is 10.1. The van der Waals surface area contributed by atoms with Crippen molar-refractivity contribution in [3.8, 4) is 0 Å². The molecule has 0 aromatic heterocycles. The molecule has 86 valence electrons. The summed E-state index contributed by atoms with van der Waals surface area (Å²) in [6.07, 6.45) is 1.16. The molecule has 2 nitrogen and oxygen atoms in total. The van der Waals surface area contributed by atoms with E-state index in [0.29, 0.717) is 18.4 Å². The summed E-state index contributed by atoms with van der Waals surface area (Å²) in [6, 6.07) is 4.67. The van der Waals surface area contributed by atoms with Gasteiger partial charge in [-0.1, -0.05) is 13.0 Å². The van der Waals surface area contributed by atoms with Crippen molar-refractivity contribution in [3.05, 3.63) is 35.1 Å². The molecule has 1 aromatic carbocycles. The van der Waals surface area contributed by atoms with Crippen LogP contribution in [0.25, 0.3) is 0 Å². The topological polar surface area (TPSA) is 29.1 Å². The smallest absolute Gasteiger partial charge is 0.254 e. The van der Waals surface area contributed by atoms with Crippen LogP contribution in [-0.2, 0) is 0 Å². The van der Waals surface area contributed by atoms with Crippen LogP contribution in [-0.4, -0.2) is 12.5 Å². The van der Waals surface area contributed by atoms with Crippen LogP contribution in [0, 0.1) is 24.6 Å². The number of benzene rings is 1. The van der Waals surface area contributed by atoms with Gasteiger partial charge in [-0.15, -0.1) is 0 Å². The normalized spacial score (nSPS) is 22.9. The maximum atomic E-state index is 13.5. The highest BCUT2D eigenvalue weighted by Crippen LogP contribution is 2.36. The molecule has 3 heteroatoms. The van der Waals surface area contributed by atoms with E-state index in [0.717, 1.165) is 12.0 Å². The molecule has 0 heterocycles. The fourth-order valence-electron chi connectivity index (χ4n) is 1.81. The van der Waals surface area contributed by atoms with Crippen LogP contribution in [0.1, 0.15) is 29.3 Å². The number of aryl methyl sites for hydroxylation is 1. The van der Waals surface area contributed by atoms with Crippen LogP contribution < -0.4 is 5.32 Å². The van der Waals surface area contributed by atoms with E-state index >= 15 is 0 Å². The molecule has 0 spiro atoms. The van der Waals surface area contributed by atoms with E-state index in [2.05, 4.69) is 12.2 Å². The molecule has 1 aromatic rings. The van der Waals surface area contributed by atoms with Crippen molar-refractivity contribution < 1.29 is 9.18 Å². The van der Waals surface area contributed by atoms with Gasteiger partial charge in [-0.2, -0.15) is 0 Å². The minimum Gasteiger partial charge on any atom is -0.352 e. The number of rotatable bonds is 3. The van der Waals surface area contributed by atoms with E-state index in [1.165, 1.54) is 12.1 Å². The summed E-state index contributed by atoms with van der Waals surface area (Å²) in [6.45, 7) is 4.62. The van der Waals surface area contributed by atoms with Crippen molar-refractivity contribution in [1.82, 2.24) is 5.32 Å². The van der Waals surface area contributed by atoms with Crippen molar-refractivity contribution in [3.63, 3.8) is 0 Å². The molecule has 2 atom stereocenters. The second-order valence-corrected chi connectivity index (χ2v) is 4.67. The molecular weight excluding hydrogens is 205 g/mol. The molecule has 1 aliphatic carbocycles. The van der Waals surface area contributed by atoms with Gasteiger partial charge >= 0.3 is 0 Å². The number of hydrogen-bond donors (Lipinski definition) is 1. The molecular formula is C13H16FNO. The van der Waals surface area contributed by atoms with Gasteiger partial charge in [0, 0.05) is 6.54 Å². The summed E-state index contributed by atoms with van der Waals surface area (Å²) in [5.74, 6) is 0.526. The molecule has 16 heavy (non-hydrogen) atoms. The van der Waals surface area contributed by atoms with Gasteiger partial charge in [-0.05, 0) is 42.9 Å². The zero-order chi connectivity index (χ0) is 11.7. The molecule has 0 bridgehead atoms. The second-order valence-electron chi connectivity index (χ2n) is 4.67. The van der Waals surface area contributed by atoms with E-state index in [1.807, 2.05) is 0 Å². The molecule has 2 unspecified atom stereocenters. The SMILES string of the molecule is Cc1ccc(C(=O)NCC2CC2C)c(F)c1. The van der Waals surface area contributed by atoms with E-state index in [4.69, 9.17) is 0 Å². The predicted molar refractivity (Wildman–Crippen MR) is 60.7 cm³/mol. The summed E-state index contributed by atoms with van der Waals surface area (Å²) < 4.78 is 13.5. The second kappa shape index (κ2) is 4.24. The molecule has 1 saturated carbocycles. The third-order valence-corrected chi connectivity index (χ3v) is 3.17. The fourth-order valence-corrected chi connectivity index (χ4v) is 1.81. The van der Waals surface area contributed by atoms with Crippen LogP contribution in [0.5, 0.6) is 0 Å². The Morgan fingerprint density at radius 1 is 1.56 bits per heavy atom. The predicted octanol–water partition coefficient (Wildman–Crippen LogP) is 2.52. The highest BCUT2D eigenvalue weighted by Gasteiger charge is 2.32. The van der Waals surface area contributed by atoms with Crippen molar-refractivity contribution in [1.29, 1.82) is 0 Å². The zero-order valence-electron chi connectivity index (χ0n) is 9.59. The van der Waals surface area contributed by atoms with Gasteiger partial charge in [0.25, 0.3) is 5.91 Å². The van der Waals surface area contributed by atoms with Gasteiger partial charge < -0.3 is 5.32 Å². The Balaban J connectivity index is 1.97. The highest BCUT2D eigenvalue weighted by atomic mass is 19.1. The number of carbonyl (C=O) groups is 1. The first-order valence-electron chi connectivity index (χ1n) is 5.62. The first-order valence-corrected chi connectivity index (χ1v) is 5.62. The first kappa shape index (κ1) is 11.1. The Hall–Kier alpha value is -1.38. The Kier molecular flexibility index (Phi) is 2.95. The number of hydrogen-bond acceptors (Lipinski definition) is 1. The van der Waals surface area contributed by atoms with Gasteiger partial charge in [-0.3, -0.25) is 4.79 Å². The molecule has 0 saturated heterocycles. The lowest BCUT2D eigenvalue weighted by Crippen LogP contribution is -2.26. The molecule has 2 rings (SSSR count). The average Bonchev–Trinajstić information content (AvgIpc) is 2.91. The zero-order valence-corrected chi connectivity index (χ0v) is 9.59. The molecule has 0 radical (unpaired) electrons. The molecule has 1 N–H and O–H groups in total.